The van der Waals surface area contributed by atoms with Crippen LogP contribution < -0.4 is 10.1 Å². The van der Waals surface area contributed by atoms with Gasteiger partial charge in [-0.2, -0.15) is 0 Å². The molecule has 1 atom stereocenters. The zero-order valence-electron chi connectivity index (χ0n) is 11.0. The molecular weight excluding hydrogens is 405 g/mol. The summed E-state index contributed by atoms with van der Waals surface area (Å²) in [7, 11) is 0. The third-order valence-corrected chi connectivity index (χ3v) is 3.88. The summed E-state index contributed by atoms with van der Waals surface area (Å²) in [5, 5.41) is 12.9. The molecule has 1 unspecified atom stereocenters. The van der Waals surface area contributed by atoms with E-state index in [1.54, 1.807) is 6.07 Å². The Morgan fingerprint density at radius 1 is 1.19 bits per heavy atom. The van der Waals surface area contributed by atoms with Gasteiger partial charge in [0.15, 0.2) is 0 Å². The van der Waals surface area contributed by atoms with Crippen LogP contribution in [0, 0.1) is 5.82 Å². The Balaban J connectivity index is 1.82. The summed E-state index contributed by atoms with van der Waals surface area (Å²) >= 11 is 6.67. The first-order chi connectivity index (χ1) is 10.0. The first-order valence-electron chi connectivity index (χ1n) is 6.30. The molecule has 2 N–H and O–H groups in total. The topological polar surface area (TPSA) is 41.5 Å². The van der Waals surface area contributed by atoms with E-state index in [0.717, 1.165) is 8.95 Å². The van der Waals surface area contributed by atoms with E-state index in [0.29, 0.717) is 11.4 Å². The molecule has 0 radical (unpaired) electrons. The Kier molecular flexibility index (Phi) is 6.02. The number of rotatable bonds is 6. The highest BCUT2D eigenvalue weighted by Crippen LogP contribution is 2.23. The maximum Gasteiger partial charge on any atom is 0.125 e. The van der Waals surface area contributed by atoms with Gasteiger partial charge < -0.3 is 15.2 Å². The first kappa shape index (κ1) is 16.3. The second-order valence-electron chi connectivity index (χ2n) is 4.43. The smallest absolute Gasteiger partial charge is 0.125 e. The maximum atomic E-state index is 13.1. The SMILES string of the molecule is OC(CNc1cc(F)ccc1Br)COc1cccc(Br)c1. The quantitative estimate of drug-likeness (QED) is 0.738. The highest BCUT2D eigenvalue weighted by Gasteiger charge is 2.07. The predicted octanol–water partition coefficient (Wildman–Crippen LogP) is 4.20. The molecule has 21 heavy (non-hydrogen) atoms. The molecule has 0 spiro atoms. The molecule has 0 aliphatic carbocycles. The second kappa shape index (κ2) is 7.77. The van der Waals surface area contributed by atoms with Crippen LogP contribution in [0.1, 0.15) is 0 Å². The van der Waals surface area contributed by atoms with E-state index in [-0.39, 0.29) is 19.0 Å². The van der Waals surface area contributed by atoms with E-state index in [1.807, 2.05) is 24.3 Å². The largest absolute Gasteiger partial charge is 0.491 e. The van der Waals surface area contributed by atoms with Crippen molar-refractivity contribution in [2.45, 2.75) is 6.10 Å². The second-order valence-corrected chi connectivity index (χ2v) is 6.20. The standard InChI is InChI=1S/C15H14Br2FNO2/c16-10-2-1-3-13(6-10)21-9-12(20)8-19-15-7-11(18)4-5-14(15)17/h1-7,12,19-20H,8-9H2. The molecule has 0 fully saturated rings. The Morgan fingerprint density at radius 2 is 2.00 bits per heavy atom. The maximum absolute atomic E-state index is 13.1. The van der Waals surface area contributed by atoms with Crippen LogP contribution in [0.15, 0.2) is 51.4 Å². The Labute approximate surface area is 139 Å². The molecule has 0 bridgehead atoms. The van der Waals surface area contributed by atoms with Crippen molar-refractivity contribution >= 4 is 37.5 Å². The third kappa shape index (κ3) is 5.30. The molecule has 0 amide bonds. The summed E-state index contributed by atoms with van der Waals surface area (Å²) in [5.74, 6) is 0.343. The van der Waals surface area contributed by atoms with Crippen molar-refractivity contribution in [1.29, 1.82) is 0 Å². The number of aliphatic hydroxyl groups excluding tert-OH is 1. The molecule has 3 nitrogen and oxygen atoms in total. The highest BCUT2D eigenvalue weighted by molar-refractivity contribution is 9.10. The minimum absolute atomic E-state index is 0.149. The van der Waals surface area contributed by atoms with E-state index in [2.05, 4.69) is 37.2 Å². The number of halogens is 3. The molecule has 0 saturated heterocycles. The van der Waals surface area contributed by atoms with Gasteiger partial charge in [0.2, 0.25) is 0 Å². The average Bonchev–Trinajstić information content (AvgIpc) is 2.46. The van der Waals surface area contributed by atoms with Crippen LogP contribution in [-0.2, 0) is 0 Å². The van der Waals surface area contributed by atoms with E-state index < -0.39 is 6.10 Å². The normalized spacial score (nSPS) is 12.0. The van der Waals surface area contributed by atoms with Crippen LogP contribution >= 0.6 is 31.9 Å². The zero-order chi connectivity index (χ0) is 15.2. The lowest BCUT2D eigenvalue weighted by atomic mass is 10.3. The Hall–Kier alpha value is -1.11. The summed E-state index contributed by atoms with van der Waals surface area (Å²) in [5.41, 5.74) is 0.594. The van der Waals surface area contributed by atoms with Gasteiger partial charge in [-0.1, -0.05) is 22.0 Å². The van der Waals surface area contributed by atoms with Crippen molar-refractivity contribution in [3.63, 3.8) is 0 Å². The summed E-state index contributed by atoms with van der Waals surface area (Å²) in [6.07, 6.45) is -0.709. The van der Waals surface area contributed by atoms with Gasteiger partial charge in [0.25, 0.3) is 0 Å². The lowest BCUT2D eigenvalue weighted by Crippen LogP contribution is -2.26. The molecule has 0 aliphatic rings. The van der Waals surface area contributed by atoms with Crippen LogP contribution in [0.3, 0.4) is 0 Å². The van der Waals surface area contributed by atoms with Crippen molar-refractivity contribution in [3.05, 3.63) is 57.2 Å². The number of nitrogens with one attached hydrogen (secondary N) is 1. The zero-order valence-corrected chi connectivity index (χ0v) is 14.2. The molecule has 112 valence electrons. The van der Waals surface area contributed by atoms with Gasteiger partial charge in [-0.15, -0.1) is 0 Å². The molecule has 6 heteroatoms. The molecule has 0 heterocycles. The first-order valence-corrected chi connectivity index (χ1v) is 7.88. The van der Waals surface area contributed by atoms with Gasteiger partial charge in [0.1, 0.15) is 24.3 Å². The molecule has 0 saturated carbocycles. The molecule has 2 aromatic rings. The fraction of sp³-hybridized carbons (Fsp3) is 0.200. The van der Waals surface area contributed by atoms with Crippen LogP contribution in [-0.4, -0.2) is 24.4 Å². The van der Waals surface area contributed by atoms with Gasteiger partial charge >= 0.3 is 0 Å². The van der Waals surface area contributed by atoms with E-state index >= 15 is 0 Å². The van der Waals surface area contributed by atoms with Gasteiger partial charge in [0, 0.05) is 15.5 Å². The lowest BCUT2D eigenvalue weighted by Gasteiger charge is -2.15. The van der Waals surface area contributed by atoms with Crippen molar-refractivity contribution < 1.29 is 14.2 Å². The summed E-state index contributed by atoms with van der Waals surface area (Å²) in [4.78, 5) is 0. The predicted molar refractivity (Wildman–Crippen MR) is 88.2 cm³/mol. The third-order valence-electron chi connectivity index (χ3n) is 2.70. The summed E-state index contributed by atoms with van der Waals surface area (Å²) in [6.45, 7) is 0.409. The Morgan fingerprint density at radius 3 is 2.76 bits per heavy atom. The fourth-order valence-corrected chi connectivity index (χ4v) is 2.43. The van der Waals surface area contributed by atoms with Crippen molar-refractivity contribution in [3.8, 4) is 5.75 Å². The van der Waals surface area contributed by atoms with Crippen LogP contribution in [0.25, 0.3) is 0 Å². The Bertz CT molecular complexity index is 610. The number of ether oxygens (including phenoxy) is 1. The van der Waals surface area contributed by atoms with Gasteiger partial charge in [-0.25, -0.2) is 4.39 Å². The number of aliphatic hydroxyl groups is 1. The van der Waals surface area contributed by atoms with Crippen molar-refractivity contribution in [2.24, 2.45) is 0 Å². The van der Waals surface area contributed by atoms with Crippen LogP contribution in [0.4, 0.5) is 10.1 Å². The van der Waals surface area contributed by atoms with Gasteiger partial charge in [-0.05, 0) is 52.3 Å². The highest BCUT2D eigenvalue weighted by atomic mass is 79.9. The van der Waals surface area contributed by atoms with E-state index in [1.165, 1.54) is 12.1 Å². The van der Waals surface area contributed by atoms with Crippen molar-refractivity contribution in [2.75, 3.05) is 18.5 Å². The molecule has 2 rings (SSSR count). The van der Waals surface area contributed by atoms with Crippen molar-refractivity contribution in [1.82, 2.24) is 0 Å². The number of anilines is 1. The minimum Gasteiger partial charge on any atom is -0.491 e. The molecule has 0 aliphatic heterocycles. The number of hydrogen-bond acceptors (Lipinski definition) is 3. The molecule has 0 aromatic heterocycles. The van der Waals surface area contributed by atoms with Gasteiger partial charge in [0.05, 0.1) is 5.69 Å². The lowest BCUT2D eigenvalue weighted by molar-refractivity contribution is 0.117. The van der Waals surface area contributed by atoms with E-state index in [9.17, 15) is 9.50 Å². The number of benzene rings is 2. The van der Waals surface area contributed by atoms with Gasteiger partial charge in [-0.3, -0.25) is 0 Å². The fourth-order valence-electron chi connectivity index (χ4n) is 1.67. The van der Waals surface area contributed by atoms with Crippen LogP contribution in [0.5, 0.6) is 5.75 Å². The van der Waals surface area contributed by atoms with E-state index in [4.69, 9.17) is 4.74 Å². The molecular formula is C15H14Br2FNO2. The number of hydrogen-bond donors (Lipinski definition) is 2. The van der Waals surface area contributed by atoms with Crippen LogP contribution in [0.2, 0.25) is 0 Å². The summed E-state index contributed by atoms with van der Waals surface area (Å²) in [6, 6.07) is 11.7. The average molecular weight is 419 g/mol. The monoisotopic (exact) mass is 417 g/mol. The molecule has 2 aromatic carbocycles. The summed E-state index contributed by atoms with van der Waals surface area (Å²) < 4.78 is 20.3. The minimum atomic E-state index is -0.709.